The maximum absolute atomic E-state index is 12.5. The molecule has 12 heteroatoms. The van der Waals surface area contributed by atoms with E-state index in [1.807, 2.05) is 36.4 Å². The van der Waals surface area contributed by atoms with Gasteiger partial charge in [-0.1, -0.05) is 65.9 Å². The number of carbonyl (C=O) groups excluding carboxylic acids is 4. The number of amides is 4. The van der Waals surface area contributed by atoms with E-state index in [1.165, 1.54) is 18.3 Å². The summed E-state index contributed by atoms with van der Waals surface area (Å²) in [4.78, 5) is 47.6. The normalized spacial score (nSPS) is 10.6. The van der Waals surface area contributed by atoms with Gasteiger partial charge in [-0.15, -0.1) is 15.3 Å². The van der Waals surface area contributed by atoms with E-state index in [9.17, 15) is 19.2 Å². The highest BCUT2D eigenvalue weighted by molar-refractivity contribution is 7.15. The van der Waals surface area contributed by atoms with E-state index in [0.29, 0.717) is 16.5 Å². The molecule has 4 aromatic rings. The van der Waals surface area contributed by atoms with E-state index < -0.39 is 11.8 Å². The van der Waals surface area contributed by atoms with E-state index in [2.05, 4.69) is 36.3 Å². The highest BCUT2D eigenvalue weighted by Gasteiger charge is 2.11. The molecule has 0 unspecified atom stereocenters. The van der Waals surface area contributed by atoms with Gasteiger partial charge in [0.25, 0.3) is 0 Å². The molecule has 2 aromatic heterocycles. The summed E-state index contributed by atoms with van der Waals surface area (Å²) in [6, 6.07) is 20.2. The second-order valence-electron chi connectivity index (χ2n) is 9.65. The minimum Gasteiger partial charge on any atom is -0.309 e. The van der Waals surface area contributed by atoms with Crippen molar-refractivity contribution in [2.45, 2.75) is 51.9 Å². The van der Waals surface area contributed by atoms with Crippen LogP contribution >= 0.6 is 11.3 Å². The molecule has 0 radical (unpaired) electrons. The Balaban J connectivity index is 1.15. The number of benzene rings is 2. The summed E-state index contributed by atoms with van der Waals surface area (Å²) in [6.07, 6.45) is 3.65. The standard InChI is InChI=1S/C30H31N7O4S/c1-20(38)31-26(39)18-22-10-7-11-23(16-22)19-28(41)33-30-37-36-29(42-30)13-6-5-12-24-14-15-25(35-34-24)32-27(40)17-21-8-3-2-4-9-21/h2-4,7-11,14-16H,5-6,12-13,17-19H2,1H3,(H,31,38,39)(H,32,35,40)(H,33,37,41). The molecule has 0 fully saturated rings. The Hall–Kier alpha value is -4.84. The van der Waals surface area contributed by atoms with Gasteiger partial charge in [0.15, 0.2) is 5.82 Å². The number of unbranched alkanes of at least 4 members (excludes halogenated alkanes) is 1. The Morgan fingerprint density at radius 1 is 0.667 bits per heavy atom. The van der Waals surface area contributed by atoms with E-state index >= 15 is 0 Å². The molecule has 0 aliphatic heterocycles. The summed E-state index contributed by atoms with van der Waals surface area (Å²) >= 11 is 1.34. The van der Waals surface area contributed by atoms with Crippen LogP contribution in [0.5, 0.6) is 0 Å². The third-order valence-corrected chi connectivity index (χ3v) is 6.92. The molecule has 2 aromatic carbocycles. The van der Waals surface area contributed by atoms with E-state index in [0.717, 1.165) is 47.5 Å². The molecule has 0 saturated carbocycles. The van der Waals surface area contributed by atoms with Crippen molar-refractivity contribution >= 4 is 45.9 Å². The minimum absolute atomic E-state index is 0.0556. The second kappa shape index (κ2) is 15.2. The van der Waals surface area contributed by atoms with Gasteiger partial charge in [-0.05, 0) is 48.1 Å². The van der Waals surface area contributed by atoms with Crippen molar-refractivity contribution in [1.29, 1.82) is 0 Å². The van der Waals surface area contributed by atoms with Gasteiger partial charge in [0, 0.05) is 13.3 Å². The fraction of sp³-hybridized carbons (Fsp3) is 0.267. The second-order valence-corrected chi connectivity index (χ2v) is 10.7. The largest absolute Gasteiger partial charge is 0.309 e. The molecule has 0 aliphatic rings. The number of nitrogens with zero attached hydrogens (tertiary/aromatic N) is 4. The Morgan fingerprint density at radius 3 is 2.05 bits per heavy atom. The lowest BCUT2D eigenvalue weighted by atomic mass is 10.1. The third-order valence-electron chi connectivity index (χ3n) is 6.02. The number of nitrogens with one attached hydrogen (secondary N) is 3. The predicted molar refractivity (Wildman–Crippen MR) is 159 cm³/mol. The first kappa shape index (κ1) is 30.1. The molecule has 0 saturated heterocycles. The number of imide groups is 1. The van der Waals surface area contributed by atoms with Crippen LogP contribution in [0.1, 0.15) is 47.2 Å². The fourth-order valence-electron chi connectivity index (χ4n) is 4.14. The number of aryl methyl sites for hydroxylation is 2. The van der Waals surface area contributed by atoms with Crippen LogP contribution in [-0.4, -0.2) is 44.0 Å². The monoisotopic (exact) mass is 585 g/mol. The molecule has 216 valence electrons. The zero-order valence-electron chi connectivity index (χ0n) is 23.1. The quantitative estimate of drug-likeness (QED) is 0.202. The molecule has 0 aliphatic carbocycles. The van der Waals surface area contributed by atoms with Crippen molar-refractivity contribution in [1.82, 2.24) is 25.7 Å². The van der Waals surface area contributed by atoms with Gasteiger partial charge in [-0.2, -0.15) is 5.10 Å². The Kier molecular flexibility index (Phi) is 10.9. The maximum Gasteiger partial charge on any atom is 0.230 e. The van der Waals surface area contributed by atoms with Gasteiger partial charge in [-0.3, -0.25) is 24.5 Å². The lowest BCUT2D eigenvalue weighted by molar-refractivity contribution is -0.129. The molecule has 4 rings (SSSR count). The van der Waals surface area contributed by atoms with Crippen molar-refractivity contribution in [3.05, 3.63) is 94.1 Å². The van der Waals surface area contributed by atoms with Crippen LogP contribution in [-0.2, 0) is 51.3 Å². The van der Waals surface area contributed by atoms with E-state index in [4.69, 9.17) is 0 Å². The highest BCUT2D eigenvalue weighted by atomic mass is 32.1. The van der Waals surface area contributed by atoms with Gasteiger partial charge in [0.2, 0.25) is 28.8 Å². The summed E-state index contributed by atoms with van der Waals surface area (Å²) in [7, 11) is 0. The predicted octanol–water partition coefficient (Wildman–Crippen LogP) is 3.46. The number of hydrogen-bond acceptors (Lipinski definition) is 9. The molecule has 0 spiro atoms. The smallest absolute Gasteiger partial charge is 0.230 e. The van der Waals surface area contributed by atoms with Gasteiger partial charge in [0.05, 0.1) is 25.0 Å². The molecule has 0 bridgehead atoms. The maximum atomic E-state index is 12.5. The number of anilines is 2. The number of carbonyl (C=O) groups is 4. The van der Waals surface area contributed by atoms with Crippen LogP contribution in [0.15, 0.2) is 66.7 Å². The van der Waals surface area contributed by atoms with Crippen molar-refractivity contribution in [2.24, 2.45) is 0 Å². The van der Waals surface area contributed by atoms with Crippen LogP contribution in [0.3, 0.4) is 0 Å². The highest BCUT2D eigenvalue weighted by Crippen LogP contribution is 2.18. The summed E-state index contributed by atoms with van der Waals surface area (Å²) in [5.74, 6) is -0.752. The Labute approximate surface area is 247 Å². The average molecular weight is 586 g/mol. The zero-order chi connectivity index (χ0) is 29.7. The Bertz CT molecular complexity index is 1520. The van der Waals surface area contributed by atoms with Gasteiger partial charge < -0.3 is 10.6 Å². The first-order valence-corrected chi connectivity index (χ1v) is 14.3. The van der Waals surface area contributed by atoms with Gasteiger partial charge in [-0.25, -0.2) is 0 Å². The molecule has 4 amide bonds. The topological polar surface area (TPSA) is 156 Å². The van der Waals surface area contributed by atoms with Crippen LogP contribution in [0.2, 0.25) is 0 Å². The fourth-order valence-corrected chi connectivity index (χ4v) is 4.94. The molecular weight excluding hydrogens is 554 g/mol. The summed E-state index contributed by atoms with van der Waals surface area (Å²) in [5, 5.41) is 25.6. The minimum atomic E-state index is -0.408. The molecule has 11 nitrogen and oxygen atoms in total. The molecule has 3 N–H and O–H groups in total. The van der Waals surface area contributed by atoms with Crippen molar-refractivity contribution in [2.75, 3.05) is 10.6 Å². The van der Waals surface area contributed by atoms with Crippen molar-refractivity contribution in [3.63, 3.8) is 0 Å². The van der Waals surface area contributed by atoms with Gasteiger partial charge >= 0.3 is 0 Å². The van der Waals surface area contributed by atoms with Crippen molar-refractivity contribution in [3.8, 4) is 0 Å². The third kappa shape index (κ3) is 10.3. The van der Waals surface area contributed by atoms with Crippen LogP contribution < -0.4 is 16.0 Å². The van der Waals surface area contributed by atoms with E-state index in [-0.39, 0.29) is 31.1 Å². The molecule has 42 heavy (non-hydrogen) atoms. The summed E-state index contributed by atoms with van der Waals surface area (Å²) in [5.41, 5.74) is 3.23. The summed E-state index contributed by atoms with van der Waals surface area (Å²) in [6.45, 7) is 1.28. The zero-order valence-corrected chi connectivity index (χ0v) is 23.9. The Morgan fingerprint density at radius 2 is 1.33 bits per heavy atom. The number of aromatic nitrogens is 4. The SMILES string of the molecule is CC(=O)NC(=O)Cc1cccc(CC(=O)Nc2nnc(CCCCc3ccc(NC(=O)Cc4ccccc4)nn3)s2)c1. The van der Waals surface area contributed by atoms with E-state index in [1.54, 1.807) is 30.3 Å². The first-order chi connectivity index (χ1) is 20.3. The average Bonchev–Trinajstić information content (AvgIpc) is 3.39. The lowest BCUT2D eigenvalue weighted by Gasteiger charge is -2.05. The van der Waals surface area contributed by atoms with Gasteiger partial charge in [0.1, 0.15) is 5.01 Å². The lowest BCUT2D eigenvalue weighted by Crippen LogP contribution is -2.29. The van der Waals surface area contributed by atoms with Crippen LogP contribution in [0, 0.1) is 0 Å². The number of rotatable bonds is 13. The summed E-state index contributed by atoms with van der Waals surface area (Å²) < 4.78 is 0. The number of hydrogen-bond donors (Lipinski definition) is 3. The molecular formula is C30H31N7O4S. The molecule has 0 atom stereocenters. The van der Waals surface area contributed by atoms with Crippen LogP contribution in [0.4, 0.5) is 10.9 Å². The van der Waals surface area contributed by atoms with Crippen LogP contribution in [0.25, 0.3) is 0 Å². The molecule has 2 heterocycles. The van der Waals surface area contributed by atoms with Crippen molar-refractivity contribution < 1.29 is 19.2 Å². The first-order valence-electron chi connectivity index (χ1n) is 13.5.